The standard InChI is InChI=1S/C19H18ClN3O2/c20-14-6-3-5-13(11-14)18(24)21-12-15-7-4-10-23(15)19-22-16-8-1-2-9-17(16)25-19/h1-3,5-6,8-9,11,15H,4,7,10,12H2,(H,21,24). The van der Waals surface area contributed by atoms with Gasteiger partial charge in [-0.2, -0.15) is 4.98 Å². The summed E-state index contributed by atoms with van der Waals surface area (Å²) in [6.07, 6.45) is 2.05. The molecule has 0 spiro atoms. The van der Waals surface area contributed by atoms with Crippen LogP contribution in [0.5, 0.6) is 0 Å². The van der Waals surface area contributed by atoms with Crippen molar-refractivity contribution in [2.75, 3.05) is 18.0 Å². The van der Waals surface area contributed by atoms with Crippen LogP contribution in [0.4, 0.5) is 6.01 Å². The van der Waals surface area contributed by atoms with Crippen molar-refractivity contribution in [2.24, 2.45) is 0 Å². The number of carbonyl (C=O) groups is 1. The zero-order chi connectivity index (χ0) is 17.2. The van der Waals surface area contributed by atoms with E-state index >= 15 is 0 Å². The zero-order valence-corrected chi connectivity index (χ0v) is 14.4. The van der Waals surface area contributed by atoms with Crippen LogP contribution in [0.3, 0.4) is 0 Å². The first kappa shape index (κ1) is 16.0. The van der Waals surface area contributed by atoms with Crippen LogP contribution in [0.2, 0.25) is 5.02 Å². The fraction of sp³-hybridized carbons (Fsp3) is 0.263. The lowest BCUT2D eigenvalue weighted by molar-refractivity contribution is 0.0951. The molecule has 1 aromatic heterocycles. The van der Waals surface area contributed by atoms with Crippen LogP contribution in [-0.4, -0.2) is 30.0 Å². The van der Waals surface area contributed by atoms with E-state index in [4.69, 9.17) is 16.0 Å². The highest BCUT2D eigenvalue weighted by atomic mass is 35.5. The molecule has 1 aliphatic heterocycles. The third-order valence-electron chi connectivity index (χ3n) is 4.49. The molecule has 1 N–H and O–H groups in total. The number of para-hydroxylation sites is 2. The number of halogens is 1. The summed E-state index contributed by atoms with van der Waals surface area (Å²) in [7, 11) is 0. The van der Waals surface area contributed by atoms with Gasteiger partial charge in [-0.25, -0.2) is 0 Å². The van der Waals surface area contributed by atoms with Gasteiger partial charge in [0.05, 0.1) is 6.04 Å². The molecular formula is C19H18ClN3O2. The molecule has 0 bridgehead atoms. The number of nitrogens with one attached hydrogen (secondary N) is 1. The maximum absolute atomic E-state index is 12.3. The van der Waals surface area contributed by atoms with E-state index in [1.54, 1.807) is 24.3 Å². The second-order valence-corrected chi connectivity index (χ2v) is 6.61. The third kappa shape index (κ3) is 3.33. The monoisotopic (exact) mass is 355 g/mol. The maximum atomic E-state index is 12.3. The lowest BCUT2D eigenvalue weighted by Gasteiger charge is -2.23. The van der Waals surface area contributed by atoms with E-state index in [0.717, 1.165) is 30.5 Å². The van der Waals surface area contributed by atoms with Crippen LogP contribution in [0.25, 0.3) is 11.1 Å². The predicted octanol–water partition coefficient (Wildman–Crippen LogP) is 3.88. The smallest absolute Gasteiger partial charge is 0.298 e. The van der Waals surface area contributed by atoms with E-state index in [2.05, 4.69) is 15.2 Å². The molecule has 1 unspecified atom stereocenters. The van der Waals surface area contributed by atoms with Crippen LogP contribution in [0, 0.1) is 0 Å². The number of hydrogen-bond acceptors (Lipinski definition) is 4. The normalized spacial score (nSPS) is 17.2. The van der Waals surface area contributed by atoms with Gasteiger partial charge in [0, 0.05) is 23.7 Å². The van der Waals surface area contributed by atoms with Gasteiger partial charge in [0.2, 0.25) is 0 Å². The largest absolute Gasteiger partial charge is 0.423 e. The average molecular weight is 356 g/mol. The first-order valence-electron chi connectivity index (χ1n) is 8.37. The Bertz CT molecular complexity index is 875. The lowest BCUT2D eigenvalue weighted by Crippen LogP contribution is -2.40. The SMILES string of the molecule is O=C(NCC1CCCN1c1nc2ccccc2o1)c1cccc(Cl)c1. The van der Waals surface area contributed by atoms with Crippen molar-refractivity contribution in [1.29, 1.82) is 0 Å². The molecule has 2 heterocycles. The topological polar surface area (TPSA) is 58.4 Å². The highest BCUT2D eigenvalue weighted by Gasteiger charge is 2.28. The summed E-state index contributed by atoms with van der Waals surface area (Å²) in [5.41, 5.74) is 2.20. The number of amides is 1. The molecule has 5 nitrogen and oxygen atoms in total. The van der Waals surface area contributed by atoms with E-state index in [1.165, 1.54) is 0 Å². The average Bonchev–Trinajstić information content (AvgIpc) is 3.25. The van der Waals surface area contributed by atoms with Crippen LogP contribution in [-0.2, 0) is 0 Å². The molecule has 0 radical (unpaired) electrons. The minimum atomic E-state index is -0.119. The highest BCUT2D eigenvalue weighted by molar-refractivity contribution is 6.30. The van der Waals surface area contributed by atoms with Gasteiger partial charge in [0.25, 0.3) is 11.9 Å². The molecule has 1 amide bonds. The lowest BCUT2D eigenvalue weighted by atomic mass is 10.2. The van der Waals surface area contributed by atoms with Crippen LogP contribution in [0.15, 0.2) is 52.9 Å². The van der Waals surface area contributed by atoms with Crippen LogP contribution < -0.4 is 10.2 Å². The molecule has 1 aliphatic rings. The Morgan fingerprint density at radius 1 is 1.28 bits per heavy atom. The van der Waals surface area contributed by atoms with Gasteiger partial charge >= 0.3 is 0 Å². The molecule has 3 aromatic rings. The molecule has 0 saturated carbocycles. The number of anilines is 1. The number of benzene rings is 2. The molecular weight excluding hydrogens is 338 g/mol. The van der Waals surface area contributed by atoms with Crippen molar-refractivity contribution in [2.45, 2.75) is 18.9 Å². The van der Waals surface area contributed by atoms with Gasteiger partial charge < -0.3 is 14.6 Å². The summed E-state index contributed by atoms with van der Waals surface area (Å²) < 4.78 is 5.87. The van der Waals surface area contributed by atoms with E-state index in [9.17, 15) is 4.79 Å². The molecule has 1 saturated heterocycles. The Morgan fingerprint density at radius 2 is 2.16 bits per heavy atom. The third-order valence-corrected chi connectivity index (χ3v) is 4.73. The number of hydrogen-bond donors (Lipinski definition) is 1. The molecule has 1 fully saturated rings. The van der Waals surface area contributed by atoms with Crippen molar-refractivity contribution >= 4 is 34.6 Å². The predicted molar refractivity (Wildman–Crippen MR) is 98.2 cm³/mol. The molecule has 1 atom stereocenters. The van der Waals surface area contributed by atoms with E-state index in [-0.39, 0.29) is 11.9 Å². The van der Waals surface area contributed by atoms with Gasteiger partial charge in [-0.15, -0.1) is 0 Å². The number of fused-ring (bicyclic) bond motifs is 1. The molecule has 6 heteroatoms. The van der Waals surface area contributed by atoms with Crippen LogP contribution >= 0.6 is 11.6 Å². The summed E-state index contributed by atoms with van der Waals surface area (Å²) in [6, 6.07) is 15.5. The number of nitrogens with zero attached hydrogens (tertiary/aromatic N) is 2. The zero-order valence-electron chi connectivity index (χ0n) is 13.6. The van der Waals surface area contributed by atoms with Crippen molar-refractivity contribution in [3.8, 4) is 0 Å². The number of rotatable bonds is 4. The molecule has 0 aliphatic carbocycles. The maximum Gasteiger partial charge on any atom is 0.298 e. The summed E-state index contributed by atoms with van der Waals surface area (Å²) in [4.78, 5) is 19.0. The summed E-state index contributed by atoms with van der Waals surface area (Å²) in [6.45, 7) is 1.43. The second-order valence-electron chi connectivity index (χ2n) is 6.17. The Hall–Kier alpha value is -2.53. The van der Waals surface area contributed by atoms with E-state index in [1.807, 2.05) is 24.3 Å². The fourth-order valence-electron chi connectivity index (χ4n) is 3.22. The molecule has 25 heavy (non-hydrogen) atoms. The Kier molecular flexibility index (Phi) is 4.32. The molecule has 2 aromatic carbocycles. The van der Waals surface area contributed by atoms with Gasteiger partial charge in [-0.1, -0.05) is 29.8 Å². The quantitative estimate of drug-likeness (QED) is 0.771. The molecule has 128 valence electrons. The van der Waals surface area contributed by atoms with E-state index < -0.39 is 0 Å². The van der Waals surface area contributed by atoms with Gasteiger partial charge in [0.15, 0.2) is 5.58 Å². The highest BCUT2D eigenvalue weighted by Crippen LogP contribution is 2.28. The number of carbonyl (C=O) groups excluding carboxylic acids is 1. The number of aromatic nitrogens is 1. The van der Waals surface area contributed by atoms with Crippen LogP contribution in [0.1, 0.15) is 23.2 Å². The Balaban J connectivity index is 1.45. The summed E-state index contributed by atoms with van der Waals surface area (Å²) in [5, 5.41) is 3.55. The first-order chi connectivity index (χ1) is 12.2. The van der Waals surface area contributed by atoms with Crippen molar-refractivity contribution in [1.82, 2.24) is 10.3 Å². The first-order valence-corrected chi connectivity index (χ1v) is 8.74. The van der Waals surface area contributed by atoms with Crippen molar-refractivity contribution in [3.63, 3.8) is 0 Å². The van der Waals surface area contributed by atoms with Gasteiger partial charge in [-0.3, -0.25) is 4.79 Å². The number of oxazole rings is 1. The Morgan fingerprint density at radius 3 is 3.00 bits per heavy atom. The summed E-state index contributed by atoms with van der Waals surface area (Å²) in [5.74, 6) is -0.119. The second kappa shape index (κ2) is 6.76. The van der Waals surface area contributed by atoms with Gasteiger partial charge in [-0.05, 0) is 43.2 Å². The minimum Gasteiger partial charge on any atom is -0.423 e. The summed E-state index contributed by atoms with van der Waals surface area (Å²) >= 11 is 5.95. The van der Waals surface area contributed by atoms with Crippen molar-refractivity contribution < 1.29 is 9.21 Å². The minimum absolute atomic E-state index is 0.119. The van der Waals surface area contributed by atoms with E-state index in [0.29, 0.717) is 23.1 Å². The molecule has 4 rings (SSSR count). The Labute approximate surface area is 150 Å². The fourth-order valence-corrected chi connectivity index (χ4v) is 3.42. The van der Waals surface area contributed by atoms with Crippen molar-refractivity contribution in [3.05, 3.63) is 59.1 Å². The van der Waals surface area contributed by atoms with Gasteiger partial charge in [0.1, 0.15) is 5.52 Å².